The van der Waals surface area contributed by atoms with E-state index in [4.69, 9.17) is 21.1 Å². The molecule has 0 aliphatic heterocycles. The van der Waals surface area contributed by atoms with E-state index in [1.807, 2.05) is 32.0 Å². The average molecular weight is 418 g/mol. The van der Waals surface area contributed by atoms with Crippen LogP contribution in [-0.4, -0.2) is 30.3 Å². The zero-order valence-corrected chi connectivity index (χ0v) is 17.4. The van der Waals surface area contributed by atoms with Crippen LogP contribution in [-0.2, 0) is 20.9 Å². The van der Waals surface area contributed by atoms with Crippen molar-refractivity contribution in [3.8, 4) is 5.75 Å². The Morgan fingerprint density at radius 1 is 1.03 bits per heavy atom. The molecule has 2 rings (SSSR count). The maximum Gasteiger partial charge on any atom is 0.342 e. The molecule has 0 fully saturated rings. The zero-order chi connectivity index (χ0) is 21.4. The highest BCUT2D eigenvalue weighted by atomic mass is 35.5. The van der Waals surface area contributed by atoms with Gasteiger partial charge in [-0.05, 0) is 31.0 Å². The average Bonchev–Trinajstić information content (AvgIpc) is 2.69. The highest BCUT2D eigenvalue weighted by Gasteiger charge is 2.22. The van der Waals surface area contributed by atoms with Gasteiger partial charge in [0.15, 0.2) is 12.4 Å². The molecule has 7 heteroatoms. The fraction of sp³-hybridized carbons (Fsp3) is 0.318. The predicted octanol–water partition coefficient (Wildman–Crippen LogP) is 3.81. The molecule has 0 saturated heterocycles. The van der Waals surface area contributed by atoms with Gasteiger partial charge in [-0.1, -0.05) is 55.8 Å². The lowest BCUT2D eigenvalue weighted by atomic mass is 10.0. The Morgan fingerprint density at radius 2 is 1.69 bits per heavy atom. The van der Waals surface area contributed by atoms with Crippen LogP contribution in [0.2, 0.25) is 5.02 Å². The van der Waals surface area contributed by atoms with Crippen LogP contribution in [0.15, 0.2) is 48.5 Å². The highest BCUT2D eigenvalue weighted by Crippen LogP contribution is 2.22. The van der Waals surface area contributed by atoms with E-state index in [1.165, 1.54) is 6.92 Å². The van der Waals surface area contributed by atoms with Crippen molar-refractivity contribution >= 4 is 29.3 Å². The Labute approximate surface area is 175 Å². The van der Waals surface area contributed by atoms with Gasteiger partial charge in [0, 0.05) is 10.6 Å². The van der Waals surface area contributed by atoms with E-state index < -0.39 is 24.5 Å². The maximum atomic E-state index is 12.4. The summed E-state index contributed by atoms with van der Waals surface area (Å²) in [6.45, 7) is 4.74. The van der Waals surface area contributed by atoms with Gasteiger partial charge in [0.25, 0.3) is 5.91 Å². The standard InChI is InChI=1S/C22H24ClNO5/c1-14(2)21(15(3)25)24-20(26)13-29-22(27)17-9-5-7-11-19(17)28-12-16-8-4-6-10-18(16)23/h4-11,14,21H,12-13H2,1-3H3,(H,24,26)/t21-/m1/s1. The molecule has 2 aromatic rings. The van der Waals surface area contributed by atoms with Crippen LogP contribution in [0.5, 0.6) is 5.75 Å². The number of Topliss-reactive ketones (excluding diaryl/α,β-unsaturated/α-hetero) is 1. The number of para-hydroxylation sites is 1. The molecule has 154 valence electrons. The molecule has 0 spiro atoms. The molecule has 0 heterocycles. The fourth-order valence-corrected chi connectivity index (χ4v) is 2.88. The van der Waals surface area contributed by atoms with Crippen molar-refractivity contribution < 1.29 is 23.9 Å². The van der Waals surface area contributed by atoms with Crippen molar-refractivity contribution in [2.24, 2.45) is 5.92 Å². The van der Waals surface area contributed by atoms with E-state index in [2.05, 4.69) is 5.32 Å². The molecule has 0 unspecified atom stereocenters. The minimum absolute atomic E-state index is 0.0638. The number of benzene rings is 2. The largest absolute Gasteiger partial charge is 0.488 e. The molecule has 2 aromatic carbocycles. The lowest BCUT2D eigenvalue weighted by Gasteiger charge is -2.19. The van der Waals surface area contributed by atoms with Crippen LogP contribution in [0, 0.1) is 5.92 Å². The van der Waals surface area contributed by atoms with Gasteiger partial charge in [0.05, 0.1) is 6.04 Å². The summed E-state index contributed by atoms with van der Waals surface area (Å²) >= 11 is 6.12. The monoisotopic (exact) mass is 417 g/mol. The molecule has 6 nitrogen and oxygen atoms in total. The summed E-state index contributed by atoms with van der Waals surface area (Å²) in [5, 5.41) is 3.14. The molecule has 0 aliphatic rings. The number of nitrogens with one attached hydrogen (secondary N) is 1. The number of carbonyl (C=O) groups excluding carboxylic acids is 3. The molecule has 0 bridgehead atoms. The number of esters is 1. The van der Waals surface area contributed by atoms with E-state index in [0.29, 0.717) is 10.8 Å². The van der Waals surface area contributed by atoms with E-state index in [0.717, 1.165) is 5.56 Å². The van der Waals surface area contributed by atoms with E-state index >= 15 is 0 Å². The summed E-state index contributed by atoms with van der Waals surface area (Å²) in [4.78, 5) is 36.1. The van der Waals surface area contributed by atoms with Crippen molar-refractivity contribution in [3.05, 3.63) is 64.7 Å². The summed E-state index contributed by atoms with van der Waals surface area (Å²) in [5.41, 5.74) is 0.972. The first-order valence-corrected chi connectivity index (χ1v) is 9.59. The molecule has 1 atom stereocenters. The Morgan fingerprint density at radius 3 is 2.34 bits per heavy atom. The lowest BCUT2D eigenvalue weighted by Crippen LogP contribution is -2.45. The third kappa shape index (κ3) is 6.61. The van der Waals surface area contributed by atoms with E-state index in [9.17, 15) is 14.4 Å². The number of amides is 1. The number of hydrogen-bond acceptors (Lipinski definition) is 5. The van der Waals surface area contributed by atoms with Gasteiger partial charge in [-0.25, -0.2) is 4.79 Å². The first-order valence-electron chi connectivity index (χ1n) is 9.21. The molecule has 0 saturated carbocycles. The molecular weight excluding hydrogens is 394 g/mol. The first kappa shape index (κ1) is 22.4. The lowest BCUT2D eigenvalue weighted by molar-refractivity contribution is -0.129. The number of halogens is 1. The summed E-state index contributed by atoms with van der Waals surface area (Å²) in [5.74, 6) is -1.13. The summed E-state index contributed by atoms with van der Waals surface area (Å²) in [7, 11) is 0. The Hall–Kier alpha value is -2.86. The maximum absolute atomic E-state index is 12.4. The van der Waals surface area contributed by atoms with Gasteiger partial charge in [-0.2, -0.15) is 0 Å². The van der Waals surface area contributed by atoms with Crippen LogP contribution in [0.3, 0.4) is 0 Å². The molecule has 1 amide bonds. The second kappa shape index (κ2) is 10.6. The van der Waals surface area contributed by atoms with Crippen molar-refractivity contribution in [2.75, 3.05) is 6.61 Å². The highest BCUT2D eigenvalue weighted by molar-refractivity contribution is 6.31. The normalized spacial score (nSPS) is 11.6. The SMILES string of the molecule is CC(=O)[C@H](NC(=O)COC(=O)c1ccccc1OCc1ccccc1Cl)C(C)C. The van der Waals surface area contributed by atoms with E-state index in [-0.39, 0.29) is 23.9 Å². The minimum Gasteiger partial charge on any atom is -0.488 e. The number of ether oxygens (including phenoxy) is 2. The molecule has 0 aliphatic carbocycles. The Balaban J connectivity index is 1.98. The van der Waals surface area contributed by atoms with Gasteiger partial charge >= 0.3 is 5.97 Å². The topological polar surface area (TPSA) is 81.7 Å². The summed E-state index contributed by atoms with van der Waals surface area (Å²) in [6, 6.07) is 13.2. The smallest absolute Gasteiger partial charge is 0.342 e. The van der Waals surface area contributed by atoms with Crippen molar-refractivity contribution in [1.29, 1.82) is 0 Å². The molecule has 0 aromatic heterocycles. The van der Waals surface area contributed by atoms with Crippen LogP contribution in [0.1, 0.15) is 36.7 Å². The van der Waals surface area contributed by atoms with Crippen molar-refractivity contribution in [3.63, 3.8) is 0 Å². The second-order valence-electron chi connectivity index (χ2n) is 6.85. The number of ketones is 1. The van der Waals surface area contributed by atoms with Crippen LogP contribution in [0.4, 0.5) is 0 Å². The molecule has 0 radical (unpaired) electrons. The minimum atomic E-state index is -0.696. The van der Waals surface area contributed by atoms with Gasteiger partial charge < -0.3 is 14.8 Å². The van der Waals surface area contributed by atoms with Crippen LogP contribution in [0.25, 0.3) is 0 Å². The quantitative estimate of drug-likeness (QED) is 0.627. The fourth-order valence-electron chi connectivity index (χ4n) is 2.69. The number of hydrogen-bond donors (Lipinski definition) is 1. The Kier molecular flexibility index (Phi) is 8.21. The Bertz CT molecular complexity index is 881. The summed E-state index contributed by atoms with van der Waals surface area (Å²) in [6.07, 6.45) is 0. The number of rotatable bonds is 9. The zero-order valence-electron chi connectivity index (χ0n) is 16.6. The van der Waals surface area contributed by atoms with Crippen LogP contribution < -0.4 is 10.1 Å². The van der Waals surface area contributed by atoms with Gasteiger partial charge in [-0.15, -0.1) is 0 Å². The molecular formula is C22H24ClNO5. The van der Waals surface area contributed by atoms with Crippen molar-refractivity contribution in [2.45, 2.75) is 33.4 Å². The molecule has 1 N–H and O–H groups in total. The van der Waals surface area contributed by atoms with Gasteiger partial charge in [0.1, 0.15) is 17.9 Å². The second-order valence-corrected chi connectivity index (χ2v) is 7.26. The van der Waals surface area contributed by atoms with Crippen LogP contribution >= 0.6 is 11.6 Å². The third-order valence-corrected chi connectivity index (χ3v) is 4.57. The molecule has 29 heavy (non-hydrogen) atoms. The van der Waals surface area contributed by atoms with E-state index in [1.54, 1.807) is 30.3 Å². The third-order valence-electron chi connectivity index (χ3n) is 4.20. The van der Waals surface area contributed by atoms with Gasteiger partial charge in [-0.3, -0.25) is 9.59 Å². The first-order chi connectivity index (χ1) is 13.8. The number of carbonyl (C=O) groups is 3. The summed E-state index contributed by atoms with van der Waals surface area (Å²) < 4.78 is 10.8. The van der Waals surface area contributed by atoms with Gasteiger partial charge in [0.2, 0.25) is 0 Å². The van der Waals surface area contributed by atoms with Crippen molar-refractivity contribution in [1.82, 2.24) is 5.32 Å². The predicted molar refractivity (Wildman–Crippen MR) is 110 cm³/mol.